The highest BCUT2D eigenvalue weighted by molar-refractivity contribution is 5.67. The molecule has 0 unspecified atom stereocenters. The van der Waals surface area contributed by atoms with Crippen LogP contribution in [0.5, 0.6) is 0 Å². The van der Waals surface area contributed by atoms with Crippen LogP contribution in [-0.4, -0.2) is 51.7 Å². The standard InChI is InChI=1S/C17H26N2O4/c20-17(23-14-15-4-2-1-3-5-15)19-10-11-21-12-13-22-16-6-8-18-9-7-16/h1-5,16,18H,6-14H2,(H,19,20). The van der Waals surface area contributed by atoms with Crippen LogP contribution in [0.4, 0.5) is 4.79 Å². The highest BCUT2D eigenvalue weighted by atomic mass is 16.5. The first kappa shape index (κ1) is 17.7. The number of ether oxygens (including phenoxy) is 3. The number of hydrogen-bond acceptors (Lipinski definition) is 5. The van der Waals surface area contributed by atoms with Crippen molar-refractivity contribution in [1.82, 2.24) is 10.6 Å². The van der Waals surface area contributed by atoms with E-state index in [9.17, 15) is 4.79 Å². The van der Waals surface area contributed by atoms with Crippen LogP contribution in [0.2, 0.25) is 0 Å². The fourth-order valence-corrected chi connectivity index (χ4v) is 2.34. The first-order valence-electron chi connectivity index (χ1n) is 8.19. The zero-order valence-electron chi connectivity index (χ0n) is 13.5. The van der Waals surface area contributed by atoms with E-state index >= 15 is 0 Å². The summed E-state index contributed by atoms with van der Waals surface area (Å²) in [7, 11) is 0. The topological polar surface area (TPSA) is 68.8 Å². The summed E-state index contributed by atoms with van der Waals surface area (Å²) in [6.07, 6.45) is 2.05. The number of amides is 1. The molecule has 1 fully saturated rings. The largest absolute Gasteiger partial charge is 0.445 e. The zero-order valence-corrected chi connectivity index (χ0v) is 13.5. The van der Waals surface area contributed by atoms with Gasteiger partial charge in [-0.2, -0.15) is 0 Å². The maximum atomic E-state index is 11.5. The third-order valence-electron chi connectivity index (χ3n) is 3.60. The summed E-state index contributed by atoms with van der Waals surface area (Å²) in [4.78, 5) is 11.5. The zero-order chi connectivity index (χ0) is 16.2. The third kappa shape index (κ3) is 7.97. The van der Waals surface area contributed by atoms with Gasteiger partial charge in [0.15, 0.2) is 0 Å². The summed E-state index contributed by atoms with van der Waals surface area (Å²) in [6, 6.07) is 9.58. The summed E-state index contributed by atoms with van der Waals surface area (Å²) in [5, 5.41) is 5.96. The third-order valence-corrected chi connectivity index (χ3v) is 3.60. The van der Waals surface area contributed by atoms with Gasteiger partial charge >= 0.3 is 6.09 Å². The molecule has 0 aromatic heterocycles. The molecular formula is C17H26N2O4. The Kier molecular flexibility index (Phi) is 8.47. The quantitative estimate of drug-likeness (QED) is 0.677. The lowest BCUT2D eigenvalue weighted by Crippen LogP contribution is -2.33. The van der Waals surface area contributed by atoms with Crippen molar-refractivity contribution >= 4 is 6.09 Å². The van der Waals surface area contributed by atoms with Gasteiger partial charge in [0.05, 0.1) is 25.9 Å². The lowest BCUT2D eigenvalue weighted by molar-refractivity contribution is -0.00654. The molecule has 0 spiro atoms. The number of carbonyl (C=O) groups is 1. The Morgan fingerprint density at radius 1 is 1.13 bits per heavy atom. The highest BCUT2D eigenvalue weighted by Crippen LogP contribution is 2.06. The smallest absolute Gasteiger partial charge is 0.407 e. The molecule has 1 aliphatic rings. The number of hydrogen-bond donors (Lipinski definition) is 2. The SMILES string of the molecule is O=C(NCCOCCOC1CCNCC1)OCc1ccccc1. The number of piperidine rings is 1. The van der Waals surface area contributed by atoms with E-state index in [0.717, 1.165) is 31.5 Å². The molecule has 1 saturated heterocycles. The Labute approximate surface area is 137 Å². The minimum atomic E-state index is -0.427. The fourth-order valence-electron chi connectivity index (χ4n) is 2.34. The predicted molar refractivity (Wildman–Crippen MR) is 87.3 cm³/mol. The van der Waals surface area contributed by atoms with Gasteiger partial charge in [0.2, 0.25) is 0 Å². The molecule has 0 bridgehead atoms. The molecule has 1 aromatic rings. The molecule has 23 heavy (non-hydrogen) atoms. The molecule has 0 saturated carbocycles. The number of rotatable bonds is 9. The fraction of sp³-hybridized carbons (Fsp3) is 0.588. The van der Waals surface area contributed by atoms with E-state index in [0.29, 0.717) is 32.5 Å². The van der Waals surface area contributed by atoms with E-state index in [1.165, 1.54) is 0 Å². The molecule has 2 N–H and O–H groups in total. The Bertz CT molecular complexity index is 435. The molecule has 6 heteroatoms. The van der Waals surface area contributed by atoms with Crippen molar-refractivity contribution in [1.29, 1.82) is 0 Å². The van der Waals surface area contributed by atoms with Crippen LogP contribution in [0.25, 0.3) is 0 Å². The Morgan fingerprint density at radius 3 is 2.70 bits per heavy atom. The summed E-state index contributed by atoms with van der Waals surface area (Å²) in [6.45, 7) is 4.36. The molecular weight excluding hydrogens is 296 g/mol. The summed E-state index contributed by atoms with van der Waals surface area (Å²) in [5.41, 5.74) is 0.967. The molecule has 0 aliphatic carbocycles. The second-order valence-electron chi connectivity index (χ2n) is 5.42. The van der Waals surface area contributed by atoms with Crippen molar-refractivity contribution in [2.24, 2.45) is 0 Å². The molecule has 6 nitrogen and oxygen atoms in total. The van der Waals surface area contributed by atoms with Crippen LogP contribution in [-0.2, 0) is 20.8 Å². The Morgan fingerprint density at radius 2 is 1.91 bits per heavy atom. The lowest BCUT2D eigenvalue weighted by atomic mass is 10.1. The van der Waals surface area contributed by atoms with Crippen molar-refractivity contribution in [2.75, 3.05) is 39.5 Å². The number of carbonyl (C=O) groups excluding carboxylic acids is 1. The van der Waals surface area contributed by atoms with E-state index < -0.39 is 6.09 Å². The van der Waals surface area contributed by atoms with Crippen molar-refractivity contribution < 1.29 is 19.0 Å². The van der Waals surface area contributed by atoms with E-state index in [2.05, 4.69) is 10.6 Å². The van der Waals surface area contributed by atoms with Gasteiger partial charge < -0.3 is 24.8 Å². The first-order chi connectivity index (χ1) is 11.3. The number of benzene rings is 1. The molecule has 1 aliphatic heterocycles. The lowest BCUT2D eigenvalue weighted by Gasteiger charge is -2.22. The van der Waals surface area contributed by atoms with Gasteiger partial charge in [0, 0.05) is 6.54 Å². The maximum absolute atomic E-state index is 11.5. The average Bonchev–Trinajstić information content (AvgIpc) is 2.61. The normalized spacial score (nSPS) is 15.3. The van der Waals surface area contributed by atoms with Crippen LogP contribution >= 0.6 is 0 Å². The number of nitrogens with one attached hydrogen (secondary N) is 2. The second kappa shape index (κ2) is 11.0. The maximum Gasteiger partial charge on any atom is 0.407 e. The van der Waals surface area contributed by atoms with Crippen LogP contribution < -0.4 is 10.6 Å². The first-order valence-corrected chi connectivity index (χ1v) is 8.19. The minimum absolute atomic E-state index is 0.275. The summed E-state index contributed by atoms with van der Waals surface area (Å²) < 4.78 is 16.2. The van der Waals surface area contributed by atoms with E-state index in [1.807, 2.05) is 30.3 Å². The second-order valence-corrected chi connectivity index (χ2v) is 5.42. The van der Waals surface area contributed by atoms with Gasteiger partial charge in [-0.3, -0.25) is 0 Å². The highest BCUT2D eigenvalue weighted by Gasteiger charge is 2.12. The van der Waals surface area contributed by atoms with Crippen LogP contribution in [0.3, 0.4) is 0 Å². The van der Waals surface area contributed by atoms with E-state index in [-0.39, 0.29) is 6.61 Å². The molecule has 128 valence electrons. The van der Waals surface area contributed by atoms with E-state index in [4.69, 9.17) is 14.2 Å². The van der Waals surface area contributed by atoms with Crippen molar-refractivity contribution in [3.05, 3.63) is 35.9 Å². The molecule has 1 heterocycles. The average molecular weight is 322 g/mol. The van der Waals surface area contributed by atoms with Crippen molar-refractivity contribution in [2.45, 2.75) is 25.6 Å². The van der Waals surface area contributed by atoms with Crippen molar-refractivity contribution in [3.8, 4) is 0 Å². The molecule has 0 radical (unpaired) electrons. The molecule has 1 aromatic carbocycles. The van der Waals surface area contributed by atoms with Crippen LogP contribution in [0.1, 0.15) is 18.4 Å². The summed E-state index contributed by atoms with van der Waals surface area (Å²) in [5.74, 6) is 0. The van der Waals surface area contributed by atoms with Gasteiger partial charge in [0.25, 0.3) is 0 Å². The van der Waals surface area contributed by atoms with Crippen LogP contribution in [0.15, 0.2) is 30.3 Å². The van der Waals surface area contributed by atoms with Gasteiger partial charge in [-0.15, -0.1) is 0 Å². The van der Waals surface area contributed by atoms with Gasteiger partial charge in [-0.25, -0.2) is 4.79 Å². The van der Waals surface area contributed by atoms with Gasteiger partial charge in [-0.05, 0) is 31.5 Å². The molecule has 2 rings (SSSR count). The van der Waals surface area contributed by atoms with Gasteiger partial charge in [0.1, 0.15) is 6.61 Å². The predicted octanol–water partition coefficient (Wildman–Crippen LogP) is 1.70. The number of alkyl carbamates (subject to hydrolysis) is 1. The Balaban J connectivity index is 1.40. The van der Waals surface area contributed by atoms with Crippen molar-refractivity contribution in [3.63, 3.8) is 0 Å². The van der Waals surface area contributed by atoms with Crippen LogP contribution in [0, 0.1) is 0 Å². The Hall–Kier alpha value is -1.63. The summed E-state index contributed by atoms with van der Waals surface area (Å²) >= 11 is 0. The minimum Gasteiger partial charge on any atom is -0.445 e. The van der Waals surface area contributed by atoms with E-state index in [1.54, 1.807) is 0 Å². The van der Waals surface area contributed by atoms with Gasteiger partial charge in [-0.1, -0.05) is 30.3 Å². The molecule has 1 amide bonds. The monoisotopic (exact) mass is 322 g/mol. The molecule has 0 atom stereocenters.